The van der Waals surface area contributed by atoms with Gasteiger partial charge in [-0.15, -0.1) is 0 Å². The first kappa shape index (κ1) is 12.7. The van der Waals surface area contributed by atoms with Gasteiger partial charge in [0.2, 0.25) is 5.91 Å². The van der Waals surface area contributed by atoms with Gasteiger partial charge < -0.3 is 11.1 Å². The quantitative estimate of drug-likeness (QED) is 0.896. The van der Waals surface area contributed by atoms with Crippen LogP contribution in [0, 0.1) is 0 Å². The zero-order valence-electron chi connectivity index (χ0n) is 11.5. The largest absolute Gasteiger partial charge is 0.378 e. The maximum absolute atomic E-state index is 11.2. The summed E-state index contributed by atoms with van der Waals surface area (Å²) >= 11 is 0. The molecule has 3 rings (SSSR count). The number of primary amides is 1. The Hall–Kier alpha value is -2.30. The molecule has 1 unspecified atom stereocenters. The number of anilines is 1. The smallest absolute Gasteiger partial charge is 0.248 e. The fourth-order valence-corrected chi connectivity index (χ4v) is 2.82. The van der Waals surface area contributed by atoms with Crippen LogP contribution >= 0.6 is 0 Å². The van der Waals surface area contributed by atoms with Crippen LogP contribution in [0.15, 0.2) is 30.5 Å². The Morgan fingerprint density at radius 2 is 2.35 bits per heavy atom. The molecular weight excluding hydrogens is 252 g/mol. The molecule has 20 heavy (non-hydrogen) atoms. The fraction of sp³-hybridized carbons (Fsp3) is 0.333. The lowest BCUT2D eigenvalue weighted by atomic mass is 9.92. The number of hydrogen-bond donors (Lipinski definition) is 2. The molecule has 1 atom stereocenters. The van der Waals surface area contributed by atoms with E-state index in [-0.39, 0.29) is 6.04 Å². The average Bonchev–Trinajstić information content (AvgIpc) is 2.82. The van der Waals surface area contributed by atoms with Crippen molar-refractivity contribution in [1.29, 1.82) is 0 Å². The summed E-state index contributed by atoms with van der Waals surface area (Å²) in [6, 6.07) is 7.57. The highest BCUT2D eigenvalue weighted by molar-refractivity contribution is 5.93. The van der Waals surface area contributed by atoms with Crippen molar-refractivity contribution in [2.45, 2.75) is 25.3 Å². The molecule has 3 N–H and O–H groups in total. The van der Waals surface area contributed by atoms with E-state index in [2.05, 4.69) is 10.4 Å². The van der Waals surface area contributed by atoms with Crippen molar-refractivity contribution in [2.24, 2.45) is 12.8 Å². The molecule has 1 aromatic carbocycles. The second kappa shape index (κ2) is 5.00. The third-order valence-corrected chi connectivity index (χ3v) is 3.86. The van der Waals surface area contributed by atoms with Gasteiger partial charge in [0.1, 0.15) is 0 Å². The Morgan fingerprint density at radius 3 is 3.15 bits per heavy atom. The van der Waals surface area contributed by atoms with Crippen LogP contribution in [0.2, 0.25) is 0 Å². The molecule has 0 saturated heterocycles. The van der Waals surface area contributed by atoms with E-state index in [1.165, 1.54) is 11.3 Å². The van der Waals surface area contributed by atoms with Crippen molar-refractivity contribution in [3.05, 3.63) is 47.3 Å². The number of nitrogens with two attached hydrogens (primary N) is 1. The molecule has 1 aliphatic carbocycles. The molecule has 5 heteroatoms. The van der Waals surface area contributed by atoms with Crippen LogP contribution in [0.4, 0.5) is 5.69 Å². The molecule has 5 nitrogen and oxygen atoms in total. The van der Waals surface area contributed by atoms with Crippen LogP contribution in [-0.4, -0.2) is 15.7 Å². The minimum atomic E-state index is -0.403. The number of nitrogens with zero attached hydrogens (tertiary/aromatic N) is 2. The number of fused-ring (bicyclic) bond motifs is 1. The topological polar surface area (TPSA) is 72.9 Å². The van der Waals surface area contributed by atoms with Crippen LogP contribution in [0.5, 0.6) is 0 Å². The summed E-state index contributed by atoms with van der Waals surface area (Å²) in [4.78, 5) is 11.2. The summed E-state index contributed by atoms with van der Waals surface area (Å²) in [6.45, 7) is 0. The normalized spacial score (nSPS) is 17.6. The number of aryl methyl sites for hydroxylation is 1. The molecule has 0 fully saturated rings. The van der Waals surface area contributed by atoms with E-state index in [1.807, 2.05) is 30.1 Å². The molecule has 0 spiro atoms. The molecule has 2 aromatic rings. The number of carbonyl (C=O) groups excluding carboxylic acids is 1. The molecule has 0 aliphatic heterocycles. The first-order valence-electron chi connectivity index (χ1n) is 6.82. The maximum atomic E-state index is 11.2. The number of nitrogens with one attached hydrogen (secondary N) is 1. The van der Waals surface area contributed by atoms with Gasteiger partial charge in [0, 0.05) is 29.6 Å². The lowest BCUT2D eigenvalue weighted by Gasteiger charge is -2.25. The van der Waals surface area contributed by atoms with E-state index in [1.54, 1.807) is 12.1 Å². The summed E-state index contributed by atoms with van der Waals surface area (Å²) in [7, 11) is 1.98. The van der Waals surface area contributed by atoms with E-state index in [0.717, 1.165) is 24.9 Å². The van der Waals surface area contributed by atoms with E-state index in [4.69, 9.17) is 5.73 Å². The summed E-state index contributed by atoms with van der Waals surface area (Å²) in [6.07, 6.45) is 5.22. The minimum absolute atomic E-state index is 0.246. The fourth-order valence-electron chi connectivity index (χ4n) is 2.82. The molecule has 1 aromatic heterocycles. The summed E-state index contributed by atoms with van der Waals surface area (Å²) in [5.41, 5.74) is 9.30. The van der Waals surface area contributed by atoms with Gasteiger partial charge in [-0.25, -0.2) is 0 Å². The first-order valence-corrected chi connectivity index (χ1v) is 6.82. The summed E-state index contributed by atoms with van der Waals surface area (Å²) < 4.78 is 1.95. The lowest BCUT2D eigenvalue weighted by molar-refractivity contribution is 0.100. The highest BCUT2D eigenvalue weighted by Crippen LogP contribution is 2.32. The molecule has 1 aliphatic rings. The van der Waals surface area contributed by atoms with Crippen LogP contribution in [-0.2, 0) is 13.5 Å². The number of rotatable bonds is 3. The van der Waals surface area contributed by atoms with E-state index < -0.39 is 5.91 Å². The van der Waals surface area contributed by atoms with E-state index in [9.17, 15) is 4.79 Å². The van der Waals surface area contributed by atoms with Crippen molar-refractivity contribution in [3.8, 4) is 0 Å². The van der Waals surface area contributed by atoms with Gasteiger partial charge in [-0.05, 0) is 37.5 Å². The van der Waals surface area contributed by atoms with Gasteiger partial charge in [-0.2, -0.15) is 5.10 Å². The standard InChI is InChI=1S/C15H18N4O/c1-19-14-7-3-6-13(12(14)9-17-19)18-11-5-2-4-10(8-11)15(16)20/h2,4-5,8-9,13,18H,3,6-7H2,1H3,(H2,16,20). The van der Waals surface area contributed by atoms with Crippen LogP contribution in [0.3, 0.4) is 0 Å². The summed E-state index contributed by atoms with van der Waals surface area (Å²) in [5.74, 6) is -0.403. The molecule has 0 bridgehead atoms. The Kier molecular flexibility index (Phi) is 3.18. The number of carbonyl (C=O) groups is 1. The zero-order chi connectivity index (χ0) is 14.1. The second-order valence-electron chi connectivity index (χ2n) is 5.20. The predicted octanol–water partition coefficient (Wildman–Crippen LogP) is 2.01. The average molecular weight is 270 g/mol. The number of benzene rings is 1. The molecule has 0 radical (unpaired) electrons. The van der Waals surface area contributed by atoms with Crippen LogP contribution < -0.4 is 11.1 Å². The highest BCUT2D eigenvalue weighted by Gasteiger charge is 2.23. The Morgan fingerprint density at radius 1 is 1.50 bits per heavy atom. The monoisotopic (exact) mass is 270 g/mol. The van der Waals surface area contributed by atoms with Crippen molar-refractivity contribution >= 4 is 11.6 Å². The minimum Gasteiger partial charge on any atom is -0.378 e. The van der Waals surface area contributed by atoms with Gasteiger partial charge in [-0.3, -0.25) is 9.48 Å². The lowest BCUT2D eigenvalue weighted by Crippen LogP contribution is -2.18. The van der Waals surface area contributed by atoms with Gasteiger partial charge >= 0.3 is 0 Å². The second-order valence-corrected chi connectivity index (χ2v) is 5.20. The number of aromatic nitrogens is 2. The van der Waals surface area contributed by atoms with Crippen molar-refractivity contribution in [2.75, 3.05) is 5.32 Å². The van der Waals surface area contributed by atoms with Crippen molar-refractivity contribution in [1.82, 2.24) is 9.78 Å². The Bertz CT molecular complexity index is 647. The number of amides is 1. The molecule has 104 valence electrons. The highest BCUT2D eigenvalue weighted by atomic mass is 16.1. The van der Waals surface area contributed by atoms with Gasteiger partial charge in [0.25, 0.3) is 0 Å². The first-order chi connectivity index (χ1) is 9.65. The van der Waals surface area contributed by atoms with Gasteiger partial charge in [-0.1, -0.05) is 6.07 Å². The van der Waals surface area contributed by atoms with E-state index >= 15 is 0 Å². The van der Waals surface area contributed by atoms with Crippen molar-refractivity contribution < 1.29 is 4.79 Å². The van der Waals surface area contributed by atoms with Crippen LogP contribution in [0.1, 0.15) is 40.5 Å². The third-order valence-electron chi connectivity index (χ3n) is 3.86. The predicted molar refractivity (Wildman–Crippen MR) is 77.5 cm³/mol. The Balaban J connectivity index is 1.85. The van der Waals surface area contributed by atoms with Crippen LogP contribution in [0.25, 0.3) is 0 Å². The number of hydrogen-bond acceptors (Lipinski definition) is 3. The third kappa shape index (κ3) is 2.27. The maximum Gasteiger partial charge on any atom is 0.248 e. The molecular formula is C15H18N4O. The summed E-state index contributed by atoms with van der Waals surface area (Å²) in [5, 5.41) is 7.82. The molecule has 1 amide bonds. The SMILES string of the molecule is Cn1ncc2c1CCCC2Nc1cccc(C(N)=O)c1. The van der Waals surface area contributed by atoms with Crippen molar-refractivity contribution in [3.63, 3.8) is 0 Å². The zero-order valence-corrected chi connectivity index (χ0v) is 11.5. The molecule has 1 heterocycles. The van der Waals surface area contributed by atoms with Gasteiger partial charge in [0.15, 0.2) is 0 Å². The Labute approximate surface area is 117 Å². The molecule has 0 saturated carbocycles. The van der Waals surface area contributed by atoms with Gasteiger partial charge in [0.05, 0.1) is 12.2 Å². The van der Waals surface area contributed by atoms with E-state index in [0.29, 0.717) is 5.56 Å².